The number of carbonyl (C=O) groups excluding carboxylic acids is 1. The summed E-state index contributed by atoms with van der Waals surface area (Å²) in [5, 5.41) is 3.73. The van der Waals surface area contributed by atoms with E-state index in [1.54, 1.807) is 7.11 Å². The molecule has 7 heteroatoms. The molecular weight excluding hydrogens is 362 g/mol. The highest BCUT2D eigenvalue weighted by molar-refractivity contribution is 7.21. The van der Waals surface area contributed by atoms with Crippen LogP contribution in [0.25, 0.3) is 10.2 Å². The number of nitrogens with two attached hydrogens (primary N) is 1. The third kappa shape index (κ3) is 4.14. The van der Waals surface area contributed by atoms with E-state index in [1.165, 1.54) is 11.3 Å². The summed E-state index contributed by atoms with van der Waals surface area (Å²) in [5.74, 6) is 1.14. The second kappa shape index (κ2) is 8.26. The van der Waals surface area contributed by atoms with Gasteiger partial charge < -0.3 is 20.5 Å². The van der Waals surface area contributed by atoms with E-state index in [4.69, 9.17) is 15.2 Å². The number of aromatic nitrogens is 1. The zero-order chi connectivity index (χ0) is 19.4. The average molecular weight is 385 g/mol. The van der Waals surface area contributed by atoms with Gasteiger partial charge in [-0.15, -0.1) is 11.3 Å². The highest BCUT2D eigenvalue weighted by atomic mass is 32.1. The first-order valence-corrected chi connectivity index (χ1v) is 9.58. The van der Waals surface area contributed by atoms with Gasteiger partial charge in [-0.1, -0.05) is 19.1 Å². The molecule has 2 heterocycles. The van der Waals surface area contributed by atoms with E-state index >= 15 is 0 Å². The lowest BCUT2D eigenvalue weighted by Gasteiger charge is -2.06. The zero-order valence-corrected chi connectivity index (χ0v) is 16.5. The molecule has 3 rings (SSSR count). The number of ether oxygens (including phenoxy) is 2. The Labute approximate surface area is 162 Å². The number of hydrogen-bond donors (Lipinski definition) is 2. The summed E-state index contributed by atoms with van der Waals surface area (Å²) < 4.78 is 10.8. The Morgan fingerprint density at radius 1 is 1.30 bits per heavy atom. The first-order valence-electron chi connectivity index (χ1n) is 8.77. The van der Waals surface area contributed by atoms with Crippen LogP contribution in [0.3, 0.4) is 0 Å². The fraction of sp³-hybridized carbons (Fsp3) is 0.300. The van der Waals surface area contributed by atoms with Gasteiger partial charge in [0.1, 0.15) is 15.5 Å². The zero-order valence-electron chi connectivity index (χ0n) is 15.7. The SMILES string of the molecule is CCCOc1cc(C)c2c(N)c(C(=O)NCc3ccc(OC)cc3)sc2n1. The highest BCUT2D eigenvalue weighted by Gasteiger charge is 2.19. The fourth-order valence-corrected chi connectivity index (χ4v) is 3.82. The number of nitrogens with zero attached hydrogens (tertiary/aromatic N) is 1. The Kier molecular flexibility index (Phi) is 5.81. The number of pyridine rings is 1. The van der Waals surface area contributed by atoms with Crippen molar-refractivity contribution in [1.29, 1.82) is 0 Å². The minimum Gasteiger partial charge on any atom is -0.497 e. The molecule has 2 aromatic heterocycles. The summed E-state index contributed by atoms with van der Waals surface area (Å²) in [7, 11) is 1.62. The maximum Gasteiger partial charge on any atom is 0.263 e. The van der Waals surface area contributed by atoms with Crippen molar-refractivity contribution in [2.24, 2.45) is 0 Å². The molecule has 0 bridgehead atoms. The van der Waals surface area contributed by atoms with Gasteiger partial charge in [0.15, 0.2) is 0 Å². The van der Waals surface area contributed by atoms with Crippen LogP contribution in [0.4, 0.5) is 5.69 Å². The highest BCUT2D eigenvalue weighted by Crippen LogP contribution is 2.36. The number of rotatable bonds is 7. The maximum atomic E-state index is 12.6. The molecule has 1 amide bonds. The largest absolute Gasteiger partial charge is 0.497 e. The van der Waals surface area contributed by atoms with E-state index in [0.29, 0.717) is 34.4 Å². The van der Waals surface area contributed by atoms with Crippen LogP contribution in [0.1, 0.15) is 34.1 Å². The molecule has 0 aliphatic heterocycles. The standard InChI is InChI=1S/C20H23N3O3S/c1-4-9-26-15-10-12(2)16-17(21)18(27-20(16)23-15)19(24)22-11-13-5-7-14(25-3)8-6-13/h5-8,10H,4,9,11,21H2,1-3H3,(H,22,24). The number of fused-ring (bicyclic) bond motifs is 1. The van der Waals surface area contributed by atoms with Gasteiger partial charge in [0.2, 0.25) is 5.88 Å². The van der Waals surface area contributed by atoms with Crippen molar-refractivity contribution in [3.8, 4) is 11.6 Å². The summed E-state index contributed by atoms with van der Waals surface area (Å²) in [6.07, 6.45) is 0.907. The predicted molar refractivity (Wildman–Crippen MR) is 109 cm³/mol. The second-order valence-corrected chi connectivity index (χ2v) is 7.18. The molecular formula is C20H23N3O3S. The normalized spacial score (nSPS) is 10.8. The molecule has 0 radical (unpaired) electrons. The average Bonchev–Trinajstić information content (AvgIpc) is 3.02. The van der Waals surface area contributed by atoms with Crippen molar-refractivity contribution in [2.45, 2.75) is 26.8 Å². The van der Waals surface area contributed by atoms with E-state index < -0.39 is 0 Å². The van der Waals surface area contributed by atoms with Crippen molar-refractivity contribution < 1.29 is 14.3 Å². The number of thiophene rings is 1. The minimum atomic E-state index is -0.207. The Bertz CT molecular complexity index is 951. The maximum absolute atomic E-state index is 12.6. The smallest absolute Gasteiger partial charge is 0.263 e. The molecule has 3 N–H and O–H groups in total. The minimum absolute atomic E-state index is 0.207. The van der Waals surface area contributed by atoms with E-state index in [9.17, 15) is 4.79 Å². The topological polar surface area (TPSA) is 86.5 Å². The van der Waals surface area contributed by atoms with Crippen LogP contribution in [0.15, 0.2) is 30.3 Å². The Morgan fingerprint density at radius 3 is 2.70 bits per heavy atom. The van der Waals surface area contributed by atoms with E-state index in [1.807, 2.05) is 44.2 Å². The molecule has 0 saturated carbocycles. The van der Waals surface area contributed by atoms with Crippen LogP contribution >= 0.6 is 11.3 Å². The Hall–Kier alpha value is -2.80. The van der Waals surface area contributed by atoms with Gasteiger partial charge in [0.25, 0.3) is 5.91 Å². The van der Waals surface area contributed by atoms with Gasteiger partial charge >= 0.3 is 0 Å². The van der Waals surface area contributed by atoms with Crippen molar-refractivity contribution in [3.05, 3.63) is 46.3 Å². The third-order valence-corrected chi connectivity index (χ3v) is 5.24. The van der Waals surface area contributed by atoms with Gasteiger partial charge in [-0.3, -0.25) is 4.79 Å². The number of amides is 1. The van der Waals surface area contributed by atoms with E-state index in [2.05, 4.69) is 10.3 Å². The third-order valence-electron chi connectivity index (χ3n) is 4.15. The number of benzene rings is 1. The first kappa shape index (κ1) is 19.0. The number of nitrogens with one attached hydrogen (secondary N) is 1. The number of nitrogen functional groups attached to an aromatic ring is 1. The van der Waals surface area contributed by atoms with Gasteiger partial charge in [-0.05, 0) is 36.6 Å². The lowest BCUT2D eigenvalue weighted by molar-refractivity contribution is 0.0956. The second-order valence-electron chi connectivity index (χ2n) is 6.18. The van der Waals surface area contributed by atoms with Crippen molar-refractivity contribution >= 4 is 33.1 Å². The molecule has 1 aromatic carbocycles. The van der Waals surface area contributed by atoms with Crippen LogP contribution in [0.5, 0.6) is 11.6 Å². The lowest BCUT2D eigenvalue weighted by atomic mass is 10.1. The van der Waals surface area contributed by atoms with Gasteiger partial charge in [-0.25, -0.2) is 4.98 Å². The van der Waals surface area contributed by atoms with Crippen LogP contribution in [-0.4, -0.2) is 24.6 Å². The van der Waals surface area contributed by atoms with Crippen LogP contribution in [0.2, 0.25) is 0 Å². The molecule has 3 aromatic rings. The number of carbonyl (C=O) groups is 1. The van der Waals surface area contributed by atoms with Crippen molar-refractivity contribution in [3.63, 3.8) is 0 Å². The van der Waals surface area contributed by atoms with Gasteiger partial charge in [0, 0.05) is 18.0 Å². The quantitative estimate of drug-likeness (QED) is 0.644. The number of aryl methyl sites for hydroxylation is 1. The molecule has 0 atom stereocenters. The summed E-state index contributed by atoms with van der Waals surface area (Å²) >= 11 is 1.29. The van der Waals surface area contributed by atoms with Crippen LogP contribution in [-0.2, 0) is 6.54 Å². The molecule has 0 saturated heterocycles. The molecule has 0 spiro atoms. The number of methoxy groups -OCH3 is 1. The molecule has 0 unspecified atom stereocenters. The van der Waals surface area contributed by atoms with Crippen LogP contribution < -0.4 is 20.5 Å². The molecule has 0 fully saturated rings. The molecule has 142 valence electrons. The van der Waals surface area contributed by atoms with Crippen molar-refractivity contribution in [1.82, 2.24) is 10.3 Å². The summed E-state index contributed by atoms with van der Waals surface area (Å²) in [6.45, 7) is 5.01. The summed E-state index contributed by atoms with van der Waals surface area (Å²) in [4.78, 5) is 18.3. The van der Waals surface area contributed by atoms with E-state index in [-0.39, 0.29) is 5.91 Å². The van der Waals surface area contributed by atoms with Gasteiger partial charge in [-0.2, -0.15) is 0 Å². The monoisotopic (exact) mass is 385 g/mol. The fourth-order valence-electron chi connectivity index (χ4n) is 2.74. The summed E-state index contributed by atoms with van der Waals surface area (Å²) in [5.41, 5.74) is 8.65. The predicted octanol–water partition coefficient (Wildman–Crippen LogP) is 3.91. The molecule has 6 nitrogen and oxygen atoms in total. The summed E-state index contributed by atoms with van der Waals surface area (Å²) in [6, 6.07) is 9.41. The Balaban J connectivity index is 1.79. The van der Waals surface area contributed by atoms with Crippen molar-refractivity contribution in [2.75, 3.05) is 19.5 Å². The van der Waals surface area contributed by atoms with Crippen LogP contribution in [0, 0.1) is 6.92 Å². The molecule has 0 aliphatic rings. The van der Waals surface area contributed by atoms with E-state index in [0.717, 1.165) is 28.7 Å². The first-order chi connectivity index (χ1) is 13.0. The van der Waals surface area contributed by atoms with Gasteiger partial charge in [0.05, 0.1) is 19.4 Å². The molecule has 27 heavy (non-hydrogen) atoms. The Morgan fingerprint density at radius 2 is 2.04 bits per heavy atom. The lowest BCUT2D eigenvalue weighted by Crippen LogP contribution is -2.22. The number of hydrogen-bond acceptors (Lipinski definition) is 6. The molecule has 0 aliphatic carbocycles. The number of anilines is 1.